The maximum absolute atomic E-state index is 12.4. The van der Waals surface area contributed by atoms with Crippen molar-refractivity contribution in [1.29, 1.82) is 0 Å². The molecule has 166 valence electrons. The molecule has 1 saturated heterocycles. The number of hydrogen-bond acceptors (Lipinski definition) is 7. The average molecular weight is 450 g/mol. The number of thioether (sulfide) groups is 1. The van der Waals surface area contributed by atoms with Gasteiger partial charge in [-0.1, -0.05) is 36.0 Å². The predicted molar refractivity (Wildman–Crippen MR) is 130 cm³/mol. The van der Waals surface area contributed by atoms with Gasteiger partial charge in [-0.25, -0.2) is 0 Å². The lowest BCUT2D eigenvalue weighted by molar-refractivity contribution is -0.113. The van der Waals surface area contributed by atoms with Gasteiger partial charge in [-0.3, -0.25) is 4.79 Å². The Morgan fingerprint density at radius 2 is 1.75 bits per heavy atom. The van der Waals surface area contributed by atoms with Crippen LogP contribution in [-0.2, 0) is 4.79 Å². The number of rotatable bonds is 7. The molecule has 0 saturated carbocycles. The van der Waals surface area contributed by atoms with Crippen LogP contribution in [0.1, 0.15) is 5.56 Å². The van der Waals surface area contributed by atoms with E-state index in [9.17, 15) is 4.79 Å². The number of nitrogens with one attached hydrogen (secondary N) is 1. The molecular formula is C24H27N5O2S. The Morgan fingerprint density at radius 1 is 1.00 bits per heavy atom. The van der Waals surface area contributed by atoms with Crippen molar-refractivity contribution in [2.45, 2.75) is 11.9 Å². The van der Waals surface area contributed by atoms with Crippen molar-refractivity contribution in [2.75, 3.05) is 54.2 Å². The summed E-state index contributed by atoms with van der Waals surface area (Å²) in [7, 11) is 1.59. The van der Waals surface area contributed by atoms with Gasteiger partial charge in [0, 0.05) is 31.9 Å². The highest BCUT2D eigenvalue weighted by Crippen LogP contribution is 2.26. The molecule has 0 spiro atoms. The average Bonchev–Trinajstić information content (AvgIpc) is 2.84. The molecule has 1 amide bonds. The number of ether oxygens (including phenoxy) is 1. The number of piperazine rings is 1. The number of aryl methyl sites for hydroxylation is 1. The van der Waals surface area contributed by atoms with Crippen LogP contribution in [0.4, 0.5) is 17.2 Å². The van der Waals surface area contributed by atoms with E-state index in [2.05, 4.69) is 49.6 Å². The third-order valence-electron chi connectivity index (χ3n) is 5.33. The monoisotopic (exact) mass is 449 g/mol. The van der Waals surface area contributed by atoms with E-state index in [0.29, 0.717) is 11.4 Å². The molecule has 1 fully saturated rings. The van der Waals surface area contributed by atoms with Crippen molar-refractivity contribution in [3.8, 4) is 5.75 Å². The van der Waals surface area contributed by atoms with Crippen molar-refractivity contribution >= 4 is 34.9 Å². The molecule has 1 aliphatic heterocycles. The van der Waals surface area contributed by atoms with Crippen molar-refractivity contribution in [3.63, 3.8) is 0 Å². The van der Waals surface area contributed by atoms with Gasteiger partial charge in [0.2, 0.25) is 5.91 Å². The van der Waals surface area contributed by atoms with Crippen LogP contribution in [0.5, 0.6) is 5.75 Å². The number of aromatic nitrogens is 2. The van der Waals surface area contributed by atoms with E-state index in [1.807, 2.05) is 43.3 Å². The standard InChI is InChI=1S/C24H27N5O2S/c1-18-8-9-21(31-2)20(16-18)25-23(30)17-32-24-11-10-22(26-27-24)29-14-12-28(13-15-29)19-6-4-3-5-7-19/h3-11,16H,12-15,17H2,1-2H3,(H,25,30). The summed E-state index contributed by atoms with van der Waals surface area (Å²) in [6.45, 7) is 5.67. The first-order chi connectivity index (χ1) is 15.6. The summed E-state index contributed by atoms with van der Waals surface area (Å²) in [5.41, 5.74) is 2.99. The van der Waals surface area contributed by atoms with Crippen molar-refractivity contribution < 1.29 is 9.53 Å². The summed E-state index contributed by atoms with van der Waals surface area (Å²) < 4.78 is 5.31. The highest BCUT2D eigenvalue weighted by Gasteiger charge is 2.18. The maximum Gasteiger partial charge on any atom is 0.234 e. The van der Waals surface area contributed by atoms with E-state index in [1.54, 1.807) is 7.11 Å². The molecule has 32 heavy (non-hydrogen) atoms. The first kappa shape index (κ1) is 22.0. The van der Waals surface area contributed by atoms with E-state index in [-0.39, 0.29) is 11.7 Å². The summed E-state index contributed by atoms with van der Waals surface area (Å²) in [6.07, 6.45) is 0. The molecule has 0 bridgehead atoms. The Labute approximate surface area is 192 Å². The number of carbonyl (C=O) groups is 1. The molecule has 1 N–H and O–H groups in total. The lowest BCUT2D eigenvalue weighted by atomic mass is 10.2. The molecule has 0 radical (unpaired) electrons. The fraction of sp³-hybridized carbons (Fsp3) is 0.292. The highest BCUT2D eigenvalue weighted by molar-refractivity contribution is 7.99. The molecule has 0 aliphatic carbocycles. The molecule has 8 heteroatoms. The van der Waals surface area contributed by atoms with Crippen LogP contribution < -0.4 is 19.9 Å². The minimum atomic E-state index is -0.109. The minimum absolute atomic E-state index is 0.109. The summed E-state index contributed by atoms with van der Waals surface area (Å²) in [5.74, 6) is 1.66. The second-order valence-electron chi connectivity index (χ2n) is 7.58. The summed E-state index contributed by atoms with van der Waals surface area (Å²) in [6, 6.07) is 20.1. The minimum Gasteiger partial charge on any atom is -0.495 e. The fourth-order valence-corrected chi connectivity index (χ4v) is 4.25. The molecule has 2 heterocycles. The quantitative estimate of drug-likeness (QED) is 0.550. The van der Waals surface area contributed by atoms with Crippen molar-refractivity contribution in [1.82, 2.24) is 10.2 Å². The highest BCUT2D eigenvalue weighted by atomic mass is 32.2. The Morgan fingerprint density at radius 3 is 2.44 bits per heavy atom. The van der Waals surface area contributed by atoms with Crippen LogP contribution in [0, 0.1) is 6.92 Å². The summed E-state index contributed by atoms with van der Waals surface area (Å²) in [4.78, 5) is 17.0. The van der Waals surface area contributed by atoms with Crippen LogP contribution in [-0.4, -0.2) is 55.1 Å². The maximum atomic E-state index is 12.4. The number of anilines is 3. The van der Waals surface area contributed by atoms with Crippen molar-refractivity contribution in [2.24, 2.45) is 0 Å². The molecule has 1 aromatic heterocycles. The lowest BCUT2D eigenvalue weighted by Gasteiger charge is -2.36. The zero-order chi connectivity index (χ0) is 22.3. The van der Waals surface area contributed by atoms with E-state index < -0.39 is 0 Å². The van der Waals surface area contributed by atoms with Gasteiger partial charge >= 0.3 is 0 Å². The largest absolute Gasteiger partial charge is 0.495 e. The lowest BCUT2D eigenvalue weighted by Crippen LogP contribution is -2.46. The number of nitrogens with zero attached hydrogens (tertiary/aromatic N) is 4. The van der Waals surface area contributed by atoms with Gasteiger partial charge in [0.1, 0.15) is 10.8 Å². The van der Waals surface area contributed by atoms with Crippen LogP contribution in [0.3, 0.4) is 0 Å². The summed E-state index contributed by atoms with van der Waals surface area (Å²) >= 11 is 1.37. The van der Waals surface area contributed by atoms with Gasteiger partial charge in [0.25, 0.3) is 0 Å². The van der Waals surface area contributed by atoms with Crippen LogP contribution >= 0.6 is 11.8 Å². The van der Waals surface area contributed by atoms with E-state index in [0.717, 1.165) is 42.6 Å². The Hall–Kier alpha value is -3.26. The van der Waals surface area contributed by atoms with E-state index >= 15 is 0 Å². The SMILES string of the molecule is COc1ccc(C)cc1NC(=O)CSc1ccc(N2CCN(c3ccccc3)CC2)nn1. The first-order valence-corrected chi connectivity index (χ1v) is 11.6. The van der Waals surface area contributed by atoms with Gasteiger partial charge < -0.3 is 19.9 Å². The predicted octanol–water partition coefficient (Wildman–Crippen LogP) is 3.85. The van der Waals surface area contributed by atoms with Crippen LogP contribution in [0.25, 0.3) is 0 Å². The Bertz CT molecular complexity index is 1040. The topological polar surface area (TPSA) is 70.6 Å². The third kappa shape index (κ3) is 5.50. The van der Waals surface area contributed by atoms with Crippen LogP contribution in [0.15, 0.2) is 65.7 Å². The first-order valence-electron chi connectivity index (χ1n) is 10.6. The van der Waals surface area contributed by atoms with E-state index in [1.165, 1.54) is 17.4 Å². The number of benzene rings is 2. The normalized spacial score (nSPS) is 13.7. The molecule has 2 aromatic carbocycles. The molecule has 0 atom stereocenters. The summed E-state index contributed by atoms with van der Waals surface area (Å²) in [5, 5.41) is 12.3. The Kier molecular flexibility index (Phi) is 7.11. The number of carbonyl (C=O) groups excluding carboxylic acids is 1. The molecule has 0 unspecified atom stereocenters. The number of hydrogen-bond donors (Lipinski definition) is 1. The number of para-hydroxylation sites is 1. The second-order valence-corrected chi connectivity index (χ2v) is 8.58. The number of methoxy groups -OCH3 is 1. The van der Waals surface area contributed by atoms with Gasteiger partial charge in [-0.15, -0.1) is 10.2 Å². The third-order valence-corrected chi connectivity index (χ3v) is 6.25. The van der Waals surface area contributed by atoms with Gasteiger partial charge in [0.15, 0.2) is 5.82 Å². The molecule has 4 rings (SSSR count). The second kappa shape index (κ2) is 10.4. The van der Waals surface area contributed by atoms with Gasteiger partial charge in [-0.2, -0.15) is 0 Å². The zero-order valence-electron chi connectivity index (χ0n) is 18.3. The molecule has 1 aliphatic rings. The van der Waals surface area contributed by atoms with Crippen LogP contribution in [0.2, 0.25) is 0 Å². The fourth-order valence-electron chi connectivity index (χ4n) is 3.64. The Balaban J connectivity index is 1.27. The van der Waals surface area contributed by atoms with E-state index in [4.69, 9.17) is 4.74 Å². The molecule has 3 aromatic rings. The van der Waals surface area contributed by atoms with Gasteiger partial charge in [0.05, 0.1) is 18.6 Å². The zero-order valence-corrected chi connectivity index (χ0v) is 19.1. The molecule has 7 nitrogen and oxygen atoms in total. The smallest absolute Gasteiger partial charge is 0.234 e. The van der Waals surface area contributed by atoms with Gasteiger partial charge in [-0.05, 0) is 48.9 Å². The van der Waals surface area contributed by atoms with Crippen molar-refractivity contribution in [3.05, 3.63) is 66.2 Å². The number of amides is 1. The molecular weight excluding hydrogens is 422 g/mol.